The molecule has 1 amide bonds. The van der Waals surface area contributed by atoms with Crippen molar-refractivity contribution in [3.63, 3.8) is 0 Å². The molecule has 4 aromatic rings. The molecule has 0 unspecified atom stereocenters. The Bertz CT molecular complexity index is 1520. The minimum Gasteiger partial charge on any atom is -0.495 e. The summed E-state index contributed by atoms with van der Waals surface area (Å²) in [6.45, 7) is 4.25. The maximum atomic E-state index is 13.3. The SMILES string of the molecule is COCC(C)(C)c1ccc(OC)c(S(=O)(=O)NC(=O)c2ccc3c(-c4ccccn4)cccc3n2)c1. The van der Waals surface area contributed by atoms with Gasteiger partial charge >= 0.3 is 0 Å². The molecule has 1 N–H and O–H groups in total. The number of carbonyl (C=O) groups is 1. The van der Waals surface area contributed by atoms with Gasteiger partial charge in [0.2, 0.25) is 0 Å². The first-order chi connectivity index (χ1) is 17.2. The molecule has 0 aliphatic heterocycles. The fraction of sp³-hybridized carbons (Fsp3) is 0.222. The first-order valence-corrected chi connectivity index (χ1v) is 12.7. The number of amides is 1. The van der Waals surface area contributed by atoms with Crippen LogP contribution in [-0.2, 0) is 20.2 Å². The van der Waals surface area contributed by atoms with E-state index in [0.717, 1.165) is 22.2 Å². The lowest BCUT2D eigenvalue weighted by Gasteiger charge is -2.25. The molecule has 4 rings (SSSR count). The van der Waals surface area contributed by atoms with Crippen molar-refractivity contribution >= 4 is 26.8 Å². The van der Waals surface area contributed by atoms with Crippen molar-refractivity contribution < 1.29 is 22.7 Å². The van der Waals surface area contributed by atoms with E-state index in [9.17, 15) is 13.2 Å². The van der Waals surface area contributed by atoms with Crippen molar-refractivity contribution in [2.24, 2.45) is 0 Å². The molecular weight excluding hydrogens is 478 g/mol. The van der Waals surface area contributed by atoms with E-state index >= 15 is 0 Å². The van der Waals surface area contributed by atoms with Crippen LogP contribution in [0.2, 0.25) is 0 Å². The summed E-state index contributed by atoms with van der Waals surface area (Å²) in [5.74, 6) is -0.720. The Kier molecular flexibility index (Phi) is 7.05. The van der Waals surface area contributed by atoms with Crippen molar-refractivity contribution in [1.29, 1.82) is 0 Å². The molecule has 8 nitrogen and oxygen atoms in total. The van der Waals surface area contributed by atoms with Gasteiger partial charge in [-0.2, -0.15) is 0 Å². The highest BCUT2D eigenvalue weighted by molar-refractivity contribution is 7.90. The second-order valence-electron chi connectivity index (χ2n) is 8.90. The van der Waals surface area contributed by atoms with E-state index in [4.69, 9.17) is 9.47 Å². The summed E-state index contributed by atoms with van der Waals surface area (Å²) < 4.78 is 39.2. The average molecular weight is 506 g/mol. The van der Waals surface area contributed by atoms with Gasteiger partial charge < -0.3 is 9.47 Å². The number of methoxy groups -OCH3 is 2. The summed E-state index contributed by atoms with van der Waals surface area (Å²) >= 11 is 0. The van der Waals surface area contributed by atoms with Crippen molar-refractivity contribution in [3.05, 3.63) is 84.2 Å². The van der Waals surface area contributed by atoms with Crippen LogP contribution in [0, 0.1) is 0 Å². The van der Waals surface area contributed by atoms with Gasteiger partial charge in [-0.25, -0.2) is 18.1 Å². The number of carbonyl (C=O) groups excluding carboxylic acids is 1. The lowest BCUT2D eigenvalue weighted by molar-refractivity contribution is 0.0977. The number of pyridine rings is 2. The first kappa shape index (κ1) is 25.3. The molecule has 0 saturated heterocycles. The smallest absolute Gasteiger partial charge is 0.283 e. The highest BCUT2D eigenvalue weighted by Gasteiger charge is 2.28. The zero-order valence-electron chi connectivity index (χ0n) is 20.5. The summed E-state index contributed by atoms with van der Waals surface area (Å²) in [4.78, 5) is 21.6. The van der Waals surface area contributed by atoms with Gasteiger partial charge in [0.25, 0.3) is 15.9 Å². The highest BCUT2D eigenvalue weighted by atomic mass is 32.2. The first-order valence-electron chi connectivity index (χ1n) is 11.2. The van der Waals surface area contributed by atoms with Crippen molar-refractivity contribution in [1.82, 2.24) is 14.7 Å². The van der Waals surface area contributed by atoms with Crippen LogP contribution >= 0.6 is 0 Å². The molecule has 0 spiro atoms. The zero-order valence-corrected chi connectivity index (χ0v) is 21.3. The standard InChI is InChI=1S/C27H27N3O5S/c1-27(2,17-34-3)18-11-14-24(35-4)25(16-18)36(32,33)30-26(31)23-13-12-20-19(8-7-10-22(20)29-23)21-9-5-6-15-28-21/h5-16H,17H2,1-4H3,(H,30,31). The molecule has 2 aromatic carbocycles. The third-order valence-corrected chi connectivity index (χ3v) is 7.22. The molecule has 36 heavy (non-hydrogen) atoms. The Morgan fingerprint density at radius 1 is 1.00 bits per heavy atom. The van der Waals surface area contributed by atoms with Crippen molar-refractivity contribution in [3.8, 4) is 17.0 Å². The highest BCUT2D eigenvalue weighted by Crippen LogP contribution is 2.31. The quantitative estimate of drug-likeness (QED) is 0.379. The number of nitrogens with one attached hydrogen (secondary N) is 1. The third kappa shape index (κ3) is 5.07. The fourth-order valence-corrected chi connectivity index (χ4v) is 5.16. The van der Waals surface area contributed by atoms with Gasteiger partial charge in [-0.15, -0.1) is 0 Å². The molecular formula is C27H27N3O5S. The van der Waals surface area contributed by atoms with Gasteiger partial charge in [0.1, 0.15) is 16.3 Å². The van der Waals surface area contributed by atoms with E-state index < -0.39 is 21.3 Å². The van der Waals surface area contributed by atoms with Crippen LogP contribution < -0.4 is 9.46 Å². The summed E-state index contributed by atoms with van der Waals surface area (Å²) in [5, 5.41) is 0.797. The number of aromatic nitrogens is 2. The molecule has 2 heterocycles. The topological polar surface area (TPSA) is 107 Å². The number of sulfonamides is 1. The van der Waals surface area contributed by atoms with Crippen LogP contribution in [0.15, 0.2) is 77.8 Å². The monoisotopic (exact) mass is 505 g/mol. The molecule has 0 radical (unpaired) electrons. The maximum absolute atomic E-state index is 13.3. The molecule has 0 aliphatic carbocycles. The molecule has 2 aromatic heterocycles. The Morgan fingerprint density at radius 3 is 2.50 bits per heavy atom. The van der Waals surface area contributed by atoms with Gasteiger partial charge in [-0.3, -0.25) is 9.78 Å². The van der Waals surface area contributed by atoms with E-state index in [-0.39, 0.29) is 16.3 Å². The summed E-state index contributed by atoms with van der Waals surface area (Å²) in [6, 6.07) is 19.2. The third-order valence-electron chi connectivity index (χ3n) is 5.87. The number of rotatable bonds is 8. The van der Waals surface area contributed by atoms with Crippen LogP contribution in [0.25, 0.3) is 22.2 Å². The number of fused-ring (bicyclic) bond motifs is 1. The second kappa shape index (κ2) is 10.0. The Hall–Kier alpha value is -3.82. The second-order valence-corrected chi connectivity index (χ2v) is 10.6. The van der Waals surface area contributed by atoms with Gasteiger partial charge in [0.05, 0.1) is 24.9 Å². The average Bonchev–Trinajstić information content (AvgIpc) is 2.87. The lowest BCUT2D eigenvalue weighted by Crippen LogP contribution is -2.32. The number of hydrogen-bond donors (Lipinski definition) is 1. The van der Waals surface area contributed by atoms with Crippen molar-refractivity contribution in [2.45, 2.75) is 24.2 Å². The predicted molar refractivity (Wildman–Crippen MR) is 138 cm³/mol. The van der Waals surface area contributed by atoms with E-state index in [1.165, 1.54) is 19.2 Å². The lowest BCUT2D eigenvalue weighted by atomic mass is 9.85. The Morgan fingerprint density at radius 2 is 1.81 bits per heavy atom. The predicted octanol–water partition coefficient (Wildman–Crippen LogP) is 4.35. The Labute approximate surface area is 210 Å². The molecule has 0 saturated carbocycles. The van der Waals surface area contributed by atoms with Gasteiger partial charge in [-0.1, -0.05) is 38.1 Å². The molecule has 9 heteroatoms. The number of benzene rings is 2. The van der Waals surface area contributed by atoms with E-state index in [0.29, 0.717) is 12.1 Å². The van der Waals surface area contributed by atoms with Crippen LogP contribution in [0.1, 0.15) is 29.9 Å². The molecule has 0 bridgehead atoms. The largest absolute Gasteiger partial charge is 0.495 e. The number of hydrogen-bond acceptors (Lipinski definition) is 7. The van der Waals surface area contributed by atoms with E-state index in [1.807, 2.05) is 44.2 Å². The number of nitrogens with zero attached hydrogens (tertiary/aromatic N) is 2. The molecule has 0 aliphatic rings. The maximum Gasteiger partial charge on any atom is 0.283 e. The molecule has 0 fully saturated rings. The van der Waals surface area contributed by atoms with Gasteiger partial charge in [0.15, 0.2) is 0 Å². The zero-order chi connectivity index (χ0) is 25.9. The Balaban J connectivity index is 1.67. The van der Waals surface area contributed by atoms with Crippen LogP contribution in [-0.4, -0.2) is 45.1 Å². The van der Waals surface area contributed by atoms with E-state index in [2.05, 4.69) is 14.7 Å². The molecule has 186 valence electrons. The van der Waals surface area contributed by atoms with Crippen molar-refractivity contribution in [2.75, 3.05) is 20.8 Å². The van der Waals surface area contributed by atoms with Crippen LogP contribution in [0.5, 0.6) is 5.75 Å². The van der Waals surface area contributed by atoms with Crippen LogP contribution in [0.4, 0.5) is 0 Å². The normalized spacial score (nSPS) is 11.9. The summed E-state index contributed by atoms with van der Waals surface area (Å²) in [7, 11) is -1.31. The molecule has 0 atom stereocenters. The van der Waals surface area contributed by atoms with Gasteiger partial charge in [0, 0.05) is 29.7 Å². The van der Waals surface area contributed by atoms with Crippen LogP contribution in [0.3, 0.4) is 0 Å². The van der Waals surface area contributed by atoms with E-state index in [1.54, 1.807) is 37.6 Å². The minimum absolute atomic E-state index is 0.0286. The fourth-order valence-electron chi connectivity index (χ4n) is 4.01. The minimum atomic E-state index is -4.27. The number of ether oxygens (including phenoxy) is 2. The van der Waals surface area contributed by atoms with Gasteiger partial charge in [-0.05, 0) is 48.0 Å². The summed E-state index contributed by atoms with van der Waals surface area (Å²) in [6.07, 6.45) is 1.70. The summed E-state index contributed by atoms with van der Waals surface area (Å²) in [5.41, 5.74) is 2.42.